The largest absolute Gasteiger partial charge is 0.477 e. The SMILES string of the molecule is CCc1nn(CC2CC(F)(F)C2)c(C(=O)O)c1C. The van der Waals surface area contributed by atoms with Gasteiger partial charge in [0.25, 0.3) is 0 Å². The fraction of sp³-hybridized carbons (Fsp3) is 0.667. The smallest absolute Gasteiger partial charge is 0.354 e. The van der Waals surface area contributed by atoms with Gasteiger partial charge >= 0.3 is 5.97 Å². The first-order chi connectivity index (χ1) is 8.34. The number of carboxylic acid groups (broad SMARTS) is 1. The van der Waals surface area contributed by atoms with E-state index in [-0.39, 0.29) is 31.0 Å². The predicted octanol–water partition coefficient (Wildman–Crippen LogP) is 2.50. The number of rotatable bonds is 4. The summed E-state index contributed by atoms with van der Waals surface area (Å²) < 4.78 is 26.9. The Balaban J connectivity index is 2.20. The summed E-state index contributed by atoms with van der Waals surface area (Å²) in [5.74, 6) is -3.81. The quantitative estimate of drug-likeness (QED) is 0.902. The van der Waals surface area contributed by atoms with Gasteiger partial charge in [0.15, 0.2) is 0 Å². The summed E-state index contributed by atoms with van der Waals surface area (Å²) in [4.78, 5) is 11.2. The number of hydrogen-bond donors (Lipinski definition) is 1. The molecule has 0 unspecified atom stereocenters. The van der Waals surface area contributed by atoms with Gasteiger partial charge in [0, 0.05) is 24.9 Å². The number of halogens is 2. The maximum absolute atomic E-state index is 12.8. The minimum Gasteiger partial charge on any atom is -0.477 e. The molecule has 2 rings (SSSR count). The Morgan fingerprint density at radius 1 is 1.56 bits per heavy atom. The average Bonchev–Trinajstić information content (AvgIpc) is 2.52. The van der Waals surface area contributed by atoms with Crippen LogP contribution in [0.25, 0.3) is 0 Å². The van der Waals surface area contributed by atoms with Gasteiger partial charge in [0.05, 0.1) is 5.69 Å². The van der Waals surface area contributed by atoms with Crippen molar-refractivity contribution in [1.29, 1.82) is 0 Å². The molecule has 1 aromatic rings. The van der Waals surface area contributed by atoms with Gasteiger partial charge in [-0.1, -0.05) is 6.92 Å². The third-order valence-electron chi connectivity index (χ3n) is 3.43. The van der Waals surface area contributed by atoms with Gasteiger partial charge in [0.2, 0.25) is 5.92 Å². The topological polar surface area (TPSA) is 55.1 Å². The van der Waals surface area contributed by atoms with Crippen LogP contribution in [-0.4, -0.2) is 26.8 Å². The van der Waals surface area contributed by atoms with Crippen molar-refractivity contribution >= 4 is 5.97 Å². The molecule has 100 valence electrons. The summed E-state index contributed by atoms with van der Waals surface area (Å²) in [6.07, 6.45) is 0.290. The third-order valence-corrected chi connectivity index (χ3v) is 3.43. The van der Waals surface area contributed by atoms with Crippen LogP contribution in [0, 0.1) is 12.8 Å². The lowest BCUT2D eigenvalue weighted by molar-refractivity contribution is -0.114. The molecule has 0 amide bonds. The van der Waals surface area contributed by atoms with E-state index in [2.05, 4.69) is 5.10 Å². The number of carboxylic acids is 1. The van der Waals surface area contributed by atoms with Crippen LogP contribution in [0.3, 0.4) is 0 Å². The van der Waals surface area contributed by atoms with Crippen LogP contribution in [0.15, 0.2) is 0 Å². The minimum absolute atomic E-state index is 0.127. The van der Waals surface area contributed by atoms with Crippen molar-refractivity contribution in [2.24, 2.45) is 5.92 Å². The summed E-state index contributed by atoms with van der Waals surface area (Å²) in [5.41, 5.74) is 1.48. The predicted molar refractivity (Wildman–Crippen MR) is 61.0 cm³/mol. The molecule has 1 aliphatic rings. The van der Waals surface area contributed by atoms with E-state index in [9.17, 15) is 13.6 Å². The molecule has 0 saturated heterocycles. The molecule has 0 spiro atoms. The number of nitrogens with zero attached hydrogens (tertiary/aromatic N) is 2. The minimum atomic E-state index is -2.58. The Bertz CT molecular complexity index is 475. The van der Waals surface area contributed by atoms with Crippen LogP contribution in [0.2, 0.25) is 0 Å². The Morgan fingerprint density at radius 3 is 2.61 bits per heavy atom. The molecular weight excluding hydrogens is 242 g/mol. The number of aromatic carboxylic acids is 1. The van der Waals surface area contributed by atoms with Crippen LogP contribution in [0.5, 0.6) is 0 Å². The van der Waals surface area contributed by atoms with E-state index >= 15 is 0 Å². The fourth-order valence-electron chi connectivity index (χ4n) is 2.50. The maximum Gasteiger partial charge on any atom is 0.354 e. The van der Waals surface area contributed by atoms with Crippen molar-refractivity contribution in [2.45, 2.75) is 45.6 Å². The number of aryl methyl sites for hydroxylation is 1. The molecule has 18 heavy (non-hydrogen) atoms. The lowest BCUT2D eigenvalue weighted by Crippen LogP contribution is -2.38. The molecular formula is C12H16F2N2O2. The van der Waals surface area contributed by atoms with E-state index in [0.717, 1.165) is 5.69 Å². The average molecular weight is 258 g/mol. The van der Waals surface area contributed by atoms with Gasteiger partial charge < -0.3 is 5.11 Å². The van der Waals surface area contributed by atoms with Gasteiger partial charge in [-0.25, -0.2) is 13.6 Å². The Morgan fingerprint density at radius 2 is 2.17 bits per heavy atom. The normalized spacial score (nSPS) is 18.7. The number of hydrogen-bond acceptors (Lipinski definition) is 2. The molecule has 0 bridgehead atoms. The molecule has 0 aliphatic heterocycles. The summed E-state index contributed by atoms with van der Waals surface area (Å²) >= 11 is 0. The zero-order valence-corrected chi connectivity index (χ0v) is 10.4. The molecule has 1 aromatic heterocycles. The molecule has 1 heterocycles. The van der Waals surface area contributed by atoms with Gasteiger partial charge in [-0.3, -0.25) is 4.68 Å². The Labute approximate surface area is 104 Å². The van der Waals surface area contributed by atoms with E-state index in [1.165, 1.54) is 4.68 Å². The summed E-state index contributed by atoms with van der Waals surface area (Å²) in [7, 11) is 0. The third kappa shape index (κ3) is 2.23. The second-order valence-electron chi connectivity index (χ2n) is 4.89. The Hall–Kier alpha value is -1.46. The van der Waals surface area contributed by atoms with Gasteiger partial charge in [0.1, 0.15) is 5.69 Å². The molecule has 0 radical (unpaired) electrons. The van der Waals surface area contributed by atoms with Crippen LogP contribution in [0.4, 0.5) is 8.78 Å². The van der Waals surface area contributed by atoms with Crippen molar-refractivity contribution in [3.05, 3.63) is 17.0 Å². The van der Waals surface area contributed by atoms with Crippen molar-refractivity contribution in [3.8, 4) is 0 Å². The van der Waals surface area contributed by atoms with Crippen molar-refractivity contribution in [2.75, 3.05) is 0 Å². The van der Waals surface area contributed by atoms with E-state index in [1.54, 1.807) is 6.92 Å². The molecule has 1 N–H and O–H groups in total. The molecule has 1 aliphatic carbocycles. The molecule has 1 saturated carbocycles. The molecule has 0 aromatic carbocycles. The second kappa shape index (κ2) is 4.33. The highest BCUT2D eigenvalue weighted by atomic mass is 19.3. The molecule has 6 heteroatoms. The van der Waals surface area contributed by atoms with Crippen molar-refractivity contribution in [1.82, 2.24) is 9.78 Å². The number of aromatic nitrogens is 2. The maximum atomic E-state index is 12.8. The van der Waals surface area contributed by atoms with Crippen LogP contribution in [0.1, 0.15) is 41.5 Å². The van der Waals surface area contributed by atoms with E-state index in [4.69, 9.17) is 5.11 Å². The van der Waals surface area contributed by atoms with E-state index in [1.807, 2.05) is 6.92 Å². The summed E-state index contributed by atoms with van der Waals surface area (Å²) in [6, 6.07) is 0. The zero-order valence-electron chi connectivity index (χ0n) is 10.4. The van der Waals surface area contributed by atoms with Crippen molar-refractivity contribution in [3.63, 3.8) is 0 Å². The lowest BCUT2D eigenvalue weighted by Gasteiger charge is -2.34. The highest BCUT2D eigenvalue weighted by Crippen LogP contribution is 2.43. The first kappa shape index (κ1) is 13.0. The fourth-order valence-corrected chi connectivity index (χ4v) is 2.50. The van der Waals surface area contributed by atoms with Gasteiger partial charge in [-0.05, 0) is 19.3 Å². The first-order valence-electron chi connectivity index (χ1n) is 6.01. The standard InChI is InChI=1S/C12H16F2N2O2/c1-3-9-7(2)10(11(17)18)16(15-9)6-8-4-12(13,14)5-8/h8H,3-6H2,1-2H3,(H,17,18). The highest BCUT2D eigenvalue weighted by molar-refractivity contribution is 5.87. The first-order valence-corrected chi connectivity index (χ1v) is 6.01. The molecule has 1 fully saturated rings. The van der Waals surface area contributed by atoms with Crippen LogP contribution >= 0.6 is 0 Å². The van der Waals surface area contributed by atoms with E-state index < -0.39 is 11.9 Å². The lowest BCUT2D eigenvalue weighted by atomic mass is 9.81. The molecule has 0 atom stereocenters. The van der Waals surface area contributed by atoms with E-state index in [0.29, 0.717) is 12.0 Å². The molecule has 4 nitrogen and oxygen atoms in total. The second-order valence-corrected chi connectivity index (χ2v) is 4.89. The number of alkyl halides is 2. The Kier molecular flexibility index (Phi) is 3.12. The summed E-state index contributed by atoms with van der Waals surface area (Å²) in [5, 5.41) is 13.4. The number of carbonyl (C=O) groups is 1. The van der Waals surface area contributed by atoms with Gasteiger partial charge in [-0.2, -0.15) is 5.10 Å². The van der Waals surface area contributed by atoms with Crippen LogP contribution < -0.4 is 0 Å². The van der Waals surface area contributed by atoms with Crippen LogP contribution in [-0.2, 0) is 13.0 Å². The highest BCUT2D eigenvalue weighted by Gasteiger charge is 2.45. The van der Waals surface area contributed by atoms with Crippen molar-refractivity contribution < 1.29 is 18.7 Å². The van der Waals surface area contributed by atoms with Gasteiger partial charge in [-0.15, -0.1) is 0 Å². The summed E-state index contributed by atoms with van der Waals surface area (Å²) in [6.45, 7) is 3.86. The zero-order chi connectivity index (χ0) is 13.5. The monoisotopic (exact) mass is 258 g/mol.